The van der Waals surface area contributed by atoms with Gasteiger partial charge in [0.15, 0.2) is 0 Å². The van der Waals surface area contributed by atoms with Crippen molar-refractivity contribution in [1.82, 2.24) is 0 Å². The lowest BCUT2D eigenvalue weighted by Crippen LogP contribution is -2.16. The quantitative estimate of drug-likeness (QED) is 0.428. The number of phenolic OH excluding ortho intramolecular Hbond substituents is 2. The first-order valence-corrected chi connectivity index (χ1v) is 12.9. The van der Waals surface area contributed by atoms with E-state index in [2.05, 4.69) is 65.8 Å². The molecule has 0 spiro atoms. The second-order valence-electron chi connectivity index (χ2n) is 12.8. The second kappa shape index (κ2) is 10.6. The van der Waals surface area contributed by atoms with Crippen molar-refractivity contribution < 1.29 is 10.2 Å². The summed E-state index contributed by atoms with van der Waals surface area (Å²) in [5, 5.41) is 21.3. The number of benzene rings is 2. The lowest BCUT2D eigenvalue weighted by atomic mass is 9.87. The highest BCUT2D eigenvalue weighted by Crippen LogP contribution is 2.31. The lowest BCUT2D eigenvalue weighted by molar-refractivity contribution is 0.410. The number of hydrogen-bond donors (Lipinski definition) is 2. The van der Waals surface area contributed by atoms with Crippen LogP contribution in [0.3, 0.4) is 0 Å². The van der Waals surface area contributed by atoms with Gasteiger partial charge in [0.1, 0.15) is 11.5 Å². The Hall–Kier alpha value is -2.62. The van der Waals surface area contributed by atoms with E-state index in [1.165, 1.54) is 11.1 Å². The first kappa shape index (κ1) is 27.0. The minimum atomic E-state index is 0.0817. The average Bonchev–Trinajstić information content (AvgIpc) is 3.16. The molecule has 2 aromatic carbocycles. The minimum Gasteiger partial charge on any atom is -0.507 e. The summed E-state index contributed by atoms with van der Waals surface area (Å²) in [6, 6.07) is 8.43. The van der Waals surface area contributed by atoms with Gasteiger partial charge in [-0.15, -0.1) is 0 Å². The zero-order chi connectivity index (χ0) is 26.0. The van der Waals surface area contributed by atoms with Crippen molar-refractivity contribution in [2.24, 2.45) is 20.8 Å². The van der Waals surface area contributed by atoms with Gasteiger partial charge in [-0.2, -0.15) is 0 Å². The molecule has 2 unspecified atom stereocenters. The Kier molecular flexibility index (Phi) is 8.14. The Morgan fingerprint density at radius 2 is 1.09 bits per heavy atom. The number of nitrogens with zero attached hydrogens (tertiary/aromatic N) is 2. The van der Waals surface area contributed by atoms with E-state index in [1.54, 1.807) is 0 Å². The molecule has 1 aliphatic rings. The van der Waals surface area contributed by atoms with Crippen molar-refractivity contribution in [2.75, 3.05) is 0 Å². The van der Waals surface area contributed by atoms with Crippen LogP contribution in [0.1, 0.15) is 94.2 Å². The number of rotatable bonds is 6. The van der Waals surface area contributed by atoms with Gasteiger partial charge in [-0.3, -0.25) is 9.98 Å². The molecule has 4 heteroatoms. The molecular weight excluding hydrogens is 432 g/mol. The molecule has 3 rings (SSSR count). The van der Waals surface area contributed by atoms with Crippen molar-refractivity contribution in [1.29, 1.82) is 0 Å². The Morgan fingerprint density at radius 3 is 1.43 bits per heavy atom. The summed E-state index contributed by atoms with van der Waals surface area (Å²) in [6.07, 6.45) is 8.60. The average molecular weight is 477 g/mol. The summed E-state index contributed by atoms with van der Waals surface area (Å²) in [6.45, 7) is 17.2. The van der Waals surface area contributed by atoms with Gasteiger partial charge in [-0.25, -0.2) is 0 Å². The molecule has 1 fully saturated rings. The number of hydrogen-bond acceptors (Lipinski definition) is 4. The summed E-state index contributed by atoms with van der Waals surface area (Å²) in [5.41, 5.74) is 6.12. The molecule has 0 aromatic heterocycles. The van der Waals surface area contributed by atoms with Gasteiger partial charge in [0.05, 0.1) is 12.1 Å². The van der Waals surface area contributed by atoms with Crippen LogP contribution in [0.4, 0.5) is 0 Å². The van der Waals surface area contributed by atoms with Crippen molar-refractivity contribution in [3.05, 3.63) is 57.6 Å². The standard InChI is InChI=1S/C31H44N2O2/c1-20-12-22(16-30(3,4)5)14-24(28(20)34)18-32-26-10-9-11-27(26)33-19-25-15-23(17-31(6,7)8)13-21(2)29(25)35/h12-15,18-19,26-27,34-35H,9-11,16-17H2,1-8H3. The van der Waals surface area contributed by atoms with E-state index >= 15 is 0 Å². The highest BCUT2D eigenvalue weighted by Gasteiger charge is 2.26. The minimum absolute atomic E-state index is 0.0817. The van der Waals surface area contributed by atoms with E-state index in [0.29, 0.717) is 11.5 Å². The molecule has 1 aliphatic carbocycles. The molecule has 0 amide bonds. The smallest absolute Gasteiger partial charge is 0.127 e. The van der Waals surface area contributed by atoms with E-state index in [0.717, 1.165) is 54.4 Å². The van der Waals surface area contributed by atoms with Gasteiger partial charge in [-0.1, -0.05) is 53.7 Å². The molecule has 0 heterocycles. The normalized spacial score (nSPS) is 19.3. The van der Waals surface area contributed by atoms with Gasteiger partial charge in [0.25, 0.3) is 0 Å². The molecule has 1 saturated carbocycles. The monoisotopic (exact) mass is 476 g/mol. The summed E-state index contributed by atoms with van der Waals surface area (Å²) >= 11 is 0. The maximum Gasteiger partial charge on any atom is 0.127 e. The molecule has 0 bridgehead atoms. The zero-order valence-electron chi connectivity index (χ0n) is 22.9. The van der Waals surface area contributed by atoms with E-state index in [1.807, 2.05) is 26.3 Å². The highest BCUT2D eigenvalue weighted by molar-refractivity contribution is 5.85. The fraction of sp³-hybridized carbons (Fsp3) is 0.548. The number of aliphatic imine (C=N–C) groups is 2. The molecular formula is C31H44N2O2. The van der Waals surface area contributed by atoms with E-state index < -0.39 is 0 Å². The van der Waals surface area contributed by atoms with Crippen LogP contribution in [0.25, 0.3) is 0 Å². The Bertz CT molecular complexity index is 1010. The van der Waals surface area contributed by atoms with Gasteiger partial charge in [0.2, 0.25) is 0 Å². The van der Waals surface area contributed by atoms with Gasteiger partial charge < -0.3 is 10.2 Å². The maximum absolute atomic E-state index is 10.6. The van der Waals surface area contributed by atoms with Crippen molar-refractivity contribution in [2.45, 2.75) is 99.6 Å². The van der Waals surface area contributed by atoms with Crippen LogP contribution in [0, 0.1) is 24.7 Å². The Morgan fingerprint density at radius 1 is 0.714 bits per heavy atom. The second-order valence-corrected chi connectivity index (χ2v) is 12.8. The molecule has 2 N–H and O–H groups in total. The number of phenols is 2. The van der Waals surface area contributed by atoms with Gasteiger partial charge >= 0.3 is 0 Å². The predicted molar refractivity (Wildman–Crippen MR) is 149 cm³/mol. The van der Waals surface area contributed by atoms with E-state index in [-0.39, 0.29) is 22.9 Å². The van der Waals surface area contributed by atoms with Crippen LogP contribution in [-0.2, 0) is 12.8 Å². The summed E-state index contributed by atoms with van der Waals surface area (Å²) < 4.78 is 0. The fourth-order valence-electron chi connectivity index (χ4n) is 5.01. The third-order valence-corrected chi connectivity index (χ3v) is 6.50. The van der Waals surface area contributed by atoms with Crippen LogP contribution in [-0.4, -0.2) is 34.7 Å². The summed E-state index contributed by atoms with van der Waals surface area (Å²) in [4.78, 5) is 9.74. The van der Waals surface area contributed by atoms with Gasteiger partial charge in [-0.05, 0) is 91.2 Å². The Balaban J connectivity index is 1.80. The van der Waals surface area contributed by atoms with Crippen LogP contribution in [0.5, 0.6) is 11.5 Å². The number of aromatic hydroxyl groups is 2. The molecule has 0 saturated heterocycles. The van der Waals surface area contributed by atoms with Crippen molar-refractivity contribution >= 4 is 12.4 Å². The molecule has 190 valence electrons. The zero-order valence-corrected chi connectivity index (χ0v) is 22.9. The van der Waals surface area contributed by atoms with E-state index in [9.17, 15) is 10.2 Å². The molecule has 0 radical (unpaired) electrons. The topological polar surface area (TPSA) is 65.2 Å². The maximum atomic E-state index is 10.6. The summed E-state index contributed by atoms with van der Waals surface area (Å²) in [7, 11) is 0. The molecule has 35 heavy (non-hydrogen) atoms. The first-order valence-electron chi connectivity index (χ1n) is 12.9. The Labute approximate surface area is 212 Å². The SMILES string of the molecule is Cc1cc(CC(C)(C)C)cc(C=NC2CCCC2N=Cc2cc(CC(C)(C)C)cc(C)c2O)c1O. The third-order valence-electron chi connectivity index (χ3n) is 6.50. The third kappa shape index (κ3) is 7.68. The molecule has 0 aliphatic heterocycles. The largest absolute Gasteiger partial charge is 0.507 e. The molecule has 2 atom stereocenters. The summed E-state index contributed by atoms with van der Waals surface area (Å²) in [5.74, 6) is 0.612. The van der Waals surface area contributed by atoms with E-state index in [4.69, 9.17) is 9.98 Å². The number of aryl methyl sites for hydroxylation is 2. The van der Waals surface area contributed by atoms with Crippen molar-refractivity contribution in [3.8, 4) is 11.5 Å². The first-order chi connectivity index (χ1) is 16.2. The molecule has 2 aromatic rings. The van der Waals surface area contributed by atoms with Crippen LogP contribution >= 0.6 is 0 Å². The van der Waals surface area contributed by atoms with Crippen LogP contribution in [0.2, 0.25) is 0 Å². The van der Waals surface area contributed by atoms with Crippen LogP contribution < -0.4 is 0 Å². The highest BCUT2D eigenvalue weighted by atomic mass is 16.3. The molecule has 4 nitrogen and oxygen atoms in total. The fourth-order valence-corrected chi connectivity index (χ4v) is 5.01. The lowest BCUT2D eigenvalue weighted by Gasteiger charge is -2.19. The van der Waals surface area contributed by atoms with Gasteiger partial charge in [0, 0.05) is 23.6 Å². The van der Waals surface area contributed by atoms with Crippen molar-refractivity contribution in [3.63, 3.8) is 0 Å². The predicted octanol–water partition coefficient (Wildman–Crippen LogP) is 7.35. The van der Waals surface area contributed by atoms with Crippen LogP contribution in [0.15, 0.2) is 34.3 Å².